The van der Waals surface area contributed by atoms with Crippen molar-refractivity contribution >= 4 is 5.97 Å². The Labute approximate surface area is 109 Å². The van der Waals surface area contributed by atoms with Crippen LogP contribution in [0.1, 0.15) is 32.6 Å². The van der Waals surface area contributed by atoms with Crippen molar-refractivity contribution in [3.8, 4) is 0 Å². The molecule has 5 nitrogen and oxygen atoms in total. The third-order valence-electron chi connectivity index (χ3n) is 3.34. The fourth-order valence-corrected chi connectivity index (χ4v) is 2.17. The van der Waals surface area contributed by atoms with E-state index < -0.39 is 5.54 Å². The van der Waals surface area contributed by atoms with Gasteiger partial charge in [-0.05, 0) is 32.2 Å². The van der Waals surface area contributed by atoms with E-state index in [1.165, 1.54) is 0 Å². The molecule has 0 aromatic carbocycles. The van der Waals surface area contributed by atoms with Crippen LogP contribution in [0.25, 0.3) is 0 Å². The van der Waals surface area contributed by atoms with Gasteiger partial charge in [-0.1, -0.05) is 6.92 Å². The Balaban J connectivity index is 2.09. The molecule has 0 amide bonds. The molecule has 1 rings (SSSR count). The molecule has 1 N–H and O–H groups in total. The van der Waals surface area contributed by atoms with E-state index in [0.717, 1.165) is 32.2 Å². The predicted octanol–water partition coefficient (Wildman–Crippen LogP) is 1.11. The van der Waals surface area contributed by atoms with Crippen molar-refractivity contribution in [2.45, 2.75) is 38.1 Å². The molecule has 0 aliphatic carbocycles. The summed E-state index contributed by atoms with van der Waals surface area (Å²) < 4.78 is 15.5. The average molecular weight is 259 g/mol. The summed E-state index contributed by atoms with van der Waals surface area (Å²) in [6.45, 7) is 5.03. The first-order chi connectivity index (χ1) is 8.75. The lowest BCUT2D eigenvalue weighted by Crippen LogP contribution is -2.48. The van der Waals surface area contributed by atoms with Crippen LogP contribution in [0.3, 0.4) is 0 Å². The van der Waals surface area contributed by atoms with Crippen molar-refractivity contribution in [1.82, 2.24) is 5.32 Å². The van der Waals surface area contributed by atoms with Crippen LogP contribution >= 0.6 is 0 Å². The minimum absolute atomic E-state index is 0.136. The SMILES string of the molecule is CCC1(C(=O)OCCOCCCOC)CCCN1. The standard InChI is InChI=1S/C13H25NO4/c1-3-13(6-4-7-14-13)12(15)18-11-10-17-9-5-8-16-2/h14H,3-11H2,1-2H3. The molecule has 1 heterocycles. The van der Waals surface area contributed by atoms with Gasteiger partial charge in [-0.3, -0.25) is 4.79 Å². The first-order valence-corrected chi connectivity index (χ1v) is 6.74. The first-order valence-electron chi connectivity index (χ1n) is 6.74. The summed E-state index contributed by atoms with van der Waals surface area (Å²) in [6.07, 6.45) is 3.55. The zero-order chi connectivity index (χ0) is 13.3. The highest BCUT2D eigenvalue weighted by atomic mass is 16.6. The molecular weight excluding hydrogens is 234 g/mol. The van der Waals surface area contributed by atoms with E-state index in [9.17, 15) is 4.79 Å². The molecule has 1 fully saturated rings. The van der Waals surface area contributed by atoms with Crippen LogP contribution in [0.15, 0.2) is 0 Å². The zero-order valence-electron chi connectivity index (χ0n) is 11.5. The second-order valence-electron chi connectivity index (χ2n) is 4.56. The molecule has 1 unspecified atom stereocenters. The van der Waals surface area contributed by atoms with Gasteiger partial charge in [0, 0.05) is 20.3 Å². The number of ether oxygens (including phenoxy) is 3. The minimum Gasteiger partial charge on any atom is -0.462 e. The molecule has 0 radical (unpaired) electrons. The Hall–Kier alpha value is -0.650. The number of carbonyl (C=O) groups excluding carboxylic acids is 1. The first kappa shape index (κ1) is 15.4. The molecule has 18 heavy (non-hydrogen) atoms. The Kier molecular flexibility index (Phi) is 7.23. The molecule has 1 atom stereocenters. The molecule has 0 saturated carbocycles. The Bertz CT molecular complexity index is 239. The lowest BCUT2D eigenvalue weighted by Gasteiger charge is -2.25. The monoisotopic (exact) mass is 259 g/mol. The number of hydrogen-bond acceptors (Lipinski definition) is 5. The largest absolute Gasteiger partial charge is 0.462 e. The van der Waals surface area contributed by atoms with Crippen molar-refractivity contribution < 1.29 is 19.0 Å². The molecule has 0 bridgehead atoms. The van der Waals surface area contributed by atoms with E-state index in [2.05, 4.69) is 5.32 Å². The third-order valence-corrected chi connectivity index (χ3v) is 3.34. The minimum atomic E-state index is -0.448. The number of carbonyl (C=O) groups is 1. The molecule has 106 valence electrons. The van der Waals surface area contributed by atoms with Crippen LogP contribution in [0, 0.1) is 0 Å². The molecule has 0 aromatic rings. The predicted molar refractivity (Wildman–Crippen MR) is 68.5 cm³/mol. The van der Waals surface area contributed by atoms with Crippen LogP contribution in [0.2, 0.25) is 0 Å². The van der Waals surface area contributed by atoms with Crippen molar-refractivity contribution in [2.75, 3.05) is 40.1 Å². The Morgan fingerprint density at radius 1 is 1.28 bits per heavy atom. The number of nitrogens with one attached hydrogen (secondary N) is 1. The van der Waals surface area contributed by atoms with Crippen molar-refractivity contribution in [3.63, 3.8) is 0 Å². The van der Waals surface area contributed by atoms with Crippen molar-refractivity contribution in [2.24, 2.45) is 0 Å². The molecular formula is C13H25NO4. The number of rotatable bonds is 9. The maximum absolute atomic E-state index is 12.0. The van der Waals surface area contributed by atoms with E-state index in [0.29, 0.717) is 26.4 Å². The number of esters is 1. The normalized spacial score (nSPS) is 23.2. The van der Waals surface area contributed by atoms with E-state index >= 15 is 0 Å². The Morgan fingerprint density at radius 2 is 2.11 bits per heavy atom. The summed E-state index contributed by atoms with van der Waals surface area (Å²) in [5.74, 6) is -0.136. The van der Waals surface area contributed by atoms with Gasteiger partial charge in [0.05, 0.1) is 6.61 Å². The highest BCUT2D eigenvalue weighted by molar-refractivity contribution is 5.81. The highest BCUT2D eigenvalue weighted by Gasteiger charge is 2.40. The lowest BCUT2D eigenvalue weighted by atomic mass is 9.94. The number of methoxy groups -OCH3 is 1. The second kappa shape index (κ2) is 8.45. The molecule has 1 saturated heterocycles. The molecule has 0 spiro atoms. The zero-order valence-corrected chi connectivity index (χ0v) is 11.5. The highest BCUT2D eigenvalue weighted by Crippen LogP contribution is 2.24. The molecule has 5 heteroatoms. The maximum Gasteiger partial charge on any atom is 0.326 e. The van der Waals surface area contributed by atoms with E-state index in [-0.39, 0.29) is 5.97 Å². The summed E-state index contributed by atoms with van der Waals surface area (Å²) in [7, 11) is 1.67. The summed E-state index contributed by atoms with van der Waals surface area (Å²) in [4.78, 5) is 12.0. The topological polar surface area (TPSA) is 56.8 Å². The van der Waals surface area contributed by atoms with Gasteiger partial charge in [0.1, 0.15) is 12.1 Å². The molecule has 1 aliphatic rings. The summed E-state index contributed by atoms with van der Waals surface area (Å²) in [6, 6.07) is 0. The van der Waals surface area contributed by atoms with Gasteiger partial charge in [0.2, 0.25) is 0 Å². The fraction of sp³-hybridized carbons (Fsp3) is 0.923. The summed E-state index contributed by atoms with van der Waals surface area (Å²) >= 11 is 0. The molecule has 1 aliphatic heterocycles. The van der Waals surface area contributed by atoms with E-state index in [1.54, 1.807) is 7.11 Å². The quantitative estimate of drug-likeness (QED) is 0.496. The third kappa shape index (κ3) is 4.55. The Morgan fingerprint density at radius 3 is 2.72 bits per heavy atom. The van der Waals surface area contributed by atoms with Crippen LogP contribution in [0.4, 0.5) is 0 Å². The van der Waals surface area contributed by atoms with Crippen LogP contribution in [0.5, 0.6) is 0 Å². The fourth-order valence-electron chi connectivity index (χ4n) is 2.17. The van der Waals surface area contributed by atoms with Gasteiger partial charge in [-0.2, -0.15) is 0 Å². The van der Waals surface area contributed by atoms with Gasteiger partial charge < -0.3 is 19.5 Å². The van der Waals surface area contributed by atoms with Gasteiger partial charge >= 0.3 is 5.97 Å². The summed E-state index contributed by atoms with van der Waals surface area (Å²) in [5.41, 5.74) is -0.448. The van der Waals surface area contributed by atoms with Gasteiger partial charge in [0.25, 0.3) is 0 Å². The lowest BCUT2D eigenvalue weighted by molar-refractivity contribution is -0.152. The second-order valence-corrected chi connectivity index (χ2v) is 4.56. The van der Waals surface area contributed by atoms with Crippen molar-refractivity contribution in [1.29, 1.82) is 0 Å². The smallest absolute Gasteiger partial charge is 0.326 e. The van der Waals surface area contributed by atoms with Crippen LogP contribution in [-0.2, 0) is 19.0 Å². The average Bonchev–Trinajstić information content (AvgIpc) is 2.87. The summed E-state index contributed by atoms with van der Waals surface area (Å²) in [5, 5.41) is 3.26. The van der Waals surface area contributed by atoms with E-state index in [1.807, 2.05) is 6.92 Å². The van der Waals surface area contributed by atoms with Crippen LogP contribution in [-0.4, -0.2) is 51.6 Å². The van der Waals surface area contributed by atoms with Gasteiger partial charge in [-0.15, -0.1) is 0 Å². The van der Waals surface area contributed by atoms with Gasteiger partial charge in [-0.25, -0.2) is 0 Å². The number of hydrogen-bond donors (Lipinski definition) is 1. The molecule has 0 aromatic heterocycles. The van der Waals surface area contributed by atoms with Gasteiger partial charge in [0.15, 0.2) is 0 Å². The van der Waals surface area contributed by atoms with Crippen molar-refractivity contribution in [3.05, 3.63) is 0 Å². The van der Waals surface area contributed by atoms with E-state index in [4.69, 9.17) is 14.2 Å². The maximum atomic E-state index is 12.0. The van der Waals surface area contributed by atoms with Crippen LogP contribution < -0.4 is 5.32 Å².